The van der Waals surface area contributed by atoms with Crippen LogP contribution in [-0.2, 0) is 0 Å². The van der Waals surface area contributed by atoms with Crippen molar-refractivity contribution in [2.24, 2.45) is 0 Å². The van der Waals surface area contributed by atoms with E-state index in [1.807, 2.05) is 23.9 Å². The highest BCUT2D eigenvalue weighted by Crippen LogP contribution is 2.28. The van der Waals surface area contributed by atoms with Crippen molar-refractivity contribution in [1.82, 2.24) is 5.32 Å². The third-order valence-corrected chi connectivity index (χ3v) is 3.64. The number of furan rings is 1. The van der Waals surface area contributed by atoms with E-state index in [-0.39, 0.29) is 6.04 Å². The van der Waals surface area contributed by atoms with Gasteiger partial charge in [-0.2, -0.15) is 11.8 Å². The van der Waals surface area contributed by atoms with Gasteiger partial charge >= 0.3 is 0 Å². The van der Waals surface area contributed by atoms with E-state index in [1.165, 1.54) is 10.9 Å². The summed E-state index contributed by atoms with van der Waals surface area (Å²) in [4.78, 5) is 0. The molecule has 0 aliphatic heterocycles. The summed E-state index contributed by atoms with van der Waals surface area (Å²) in [5.41, 5.74) is 2.24. The molecule has 1 unspecified atom stereocenters. The molecule has 2 nitrogen and oxygen atoms in total. The van der Waals surface area contributed by atoms with Crippen LogP contribution in [0.25, 0.3) is 11.0 Å². The largest absolute Gasteiger partial charge is 0.459 e. The fourth-order valence-corrected chi connectivity index (χ4v) is 2.40. The van der Waals surface area contributed by atoms with Crippen molar-refractivity contribution in [2.75, 3.05) is 18.6 Å². The first kappa shape index (κ1) is 12.5. The van der Waals surface area contributed by atoms with Crippen LogP contribution in [0.1, 0.15) is 24.3 Å². The molecule has 0 radical (unpaired) electrons. The van der Waals surface area contributed by atoms with Crippen LogP contribution in [0.4, 0.5) is 0 Å². The zero-order chi connectivity index (χ0) is 12.3. The van der Waals surface area contributed by atoms with Gasteiger partial charge in [0.2, 0.25) is 0 Å². The predicted molar refractivity (Wildman–Crippen MR) is 75.8 cm³/mol. The summed E-state index contributed by atoms with van der Waals surface area (Å²) in [5, 5.41) is 4.71. The molecule has 0 aliphatic carbocycles. The maximum atomic E-state index is 5.92. The molecule has 0 bridgehead atoms. The molecule has 0 aliphatic rings. The summed E-state index contributed by atoms with van der Waals surface area (Å²) in [7, 11) is 0. The van der Waals surface area contributed by atoms with Crippen LogP contribution in [0.15, 0.2) is 28.7 Å². The highest BCUT2D eigenvalue weighted by Gasteiger charge is 2.15. The summed E-state index contributed by atoms with van der Waals surface area (Å²) < 4.78 is 5.92. The fraction of sp³-hybridized carbons (Fsp3) is 0.429. The van der Waals surface area contributed by atoms with Gasteiger partial charge < -0.3 is 9.73 Å². The average molecular weight is 249 g/mol. The van der Waals surface area contributed by atoms with Crippen LogP contribution in [0.2, 0.25) is 0 Å². The number of fused-ring (bicyclic) bond motifs is 1. The summed E-state index contributed by atoms with van der Waals surface area (Å²) in [6, 6.07) is 8.49. The van der Waals surface area contributed by atoms with Gasteiger partial charge in [0.15, 0.2) is 0 Å². The summed E-state index contributed by atoms with van der Waals surface area (Å²) in [5.74, 6) is 2.19. The van der Waals surface area contributed by atoms with Crippen LogP contribution < -0.4 is 5.32 Å². The number of hydrogen-bond acceptors (Lipinski definition) is 3. The van der Waals surface area contributed by atoms with Gasteiger partial charge in [-0.05, 0) is 31.7 Å². The molecule has 1 aromatic carbocycles. The third-order valence-electron chi connectivity index (χ3n) is 3.03. The van der Waals surface area contributed by atoms with Crippen LogP contribution in [0.3, 0.4) is 0 Å². The van der Waals surface area contributed by atoms with Gasteiger partial charge in [-0.3, -0.25) is 0 Å². The van der Waals surface area contributed by atoms with Gasteiger partial charge in [-0.15, -0.1) is 0 Å². The molecule has 2 aromatic rings. The van der Waals surface area contributed by atoms with E-state index in [1.54, 1.807) is 0 Å². The Morgan fingerprint density at radius 1 is 1.35 bits per heavy atom. The van der Waals surface area contributed by atoms with Crippen molar-refractivity contribution in [2.45, 2.75) is 19.9 Å². The predicted octanol–water partition coefficient (Wildman–Crippen LogP) is 3.75. The lowest BCUT2D eigenvalue weighted by Crippen LogP contribution is -2.21. The molecular formula is C14H19NOS. The number of nitrogens with one attached hydrogen (secondary N) is 1. The first-order valence-electron chi connectivity index (χ1n) is 5.94. The molecule has 1 N–H and O–H groups in total. The van der Waals surface area contributed by atoms with Crippen LogP contribution in [-0.4, -0.2) is 18.6 Å². The molecule has 1 atom stereocenters. The maximum absolute atomic E-state index is 5.92. The Morgan fingerprint density at radius 2 is 2.12 bits per heavy atom. The van der Waals surface area contributed by atoms with Crippen LogP contribution in [0.5, 0.6) is 0 Å². The Kier molecular flexibility index (Phi) is 4.13. The minimum atomic E-state index is 0.273. The molecule has 1 heterocycles. The monoisotopic (exact) mass is 249 g/mol. The summed E-state index contributed by atoms with van der Waals surface area (Å²) in [6.07, 6.45) is 2.12. The van der Waals surface area contributed by atoms with Crippen molar-refractivity contribution in [3.63, 3.8) is 0 Å². The maximum Gasteiger partial charge on any atom is 0.134 e. The van der Waals surface area contributed by atoms with Crippen molar-refractivity contribution in [3.05, 3.63) is 35.6 Å². The second kappa shape index (κ2) is 5.61. The zero-order valence-electron chi connectivity index (χ0n) is 10.6. The summed E-state index contributed by atoms with van der Waals surface area (Å²) in [6.45, 7) is 5.30. The Bertz CT molecular complexity index is 492. The average Bonchev–Trinajstić information content (AvgIpc) is 2.68. The highest BCUT2D eigenvalue weighted by atomic mass is 32.2. The Hall–Kier alpha value is -0.930. The first-order chi connectivity index (χ1) is 8.24. The highest BCUT2D eigenvalue weighted by molar-refractivity contribution is 7.98. The van der Waals surface area contributed by atoms with Crippen molar-refractivity contribution < 1.29 is 4.42 Å². The lowest BCUT2D eigenvalue weighted by molar-refractivity contribution is 0.457. The van der Waals surface area contributed by atoms with Gasteiger partial charge in [-0.1, -0.05) is 18.2 Å². The van der Waals surface area contributed by atoms with Crippen molar-refractivity contribution >= 4 is 22.7 Å². The summed E-state index contributed by atoms with van der Waals surface area (Å²) >= 11 is 1.85. The van der Waals surface area contributed by atoms with Gasteiger partial charge in [0.25, 0.3) is 0 Å². The lowest BCUT2D eigenvalue weighted by Gasteiger charge is -2.11. The van der Waals surface area contributed by atoms with Crippen LogP contribution in [0, 0.1) is 6.92 Å². The standard InChI is InChI=1S/C14H19NOS/c1-10-12-6-4-5-7-13(12)16-14(10)11(2)15-8-9-17-3/h4-7,11,15H,8-9H2,1-3H3. The molecule has 0 saturated heterocycles. The molecule has 17 heavy (non-hydrogen) atoms. The van der Waals surface area contributed by atoms with E-state index in [0.717, 1.165) is 23.6 Å². The van der Waals surface area contributed by atoms with Gasteiger partial charge in [0, 0.05) is 17.7 Å². The molecular weight excluding hydrogens is 230 g/mol. The zero-order valence-corrected chi connectivity index (χ0v) is 11.4. The molecule has 2 rings (SSSR count). The van der Waals surface area contributed by atoms with E-state index < -0.39 is 0 Å². The quantitative estimate of drug-likeness (QED) is 0.817. The Balaban J connectivity index is 2.20. The normalized spacial score (nSPS) is 13.1. The number of para-hydroxylation sites is 1. The number of rotatable bonds is 5. The van der Waals surface area contributed by atoms with E-state index >= 15 is 0 Å². The molecule has 92 valence electrons. The second-order valence-electron chi connectivity index (χ2n) is 4.26. The smallest absolute Gasteiger partial charge is 0.134 e. The van der Waals surface area contributed by atoms with Crippen molar-refractivity contribution in [1.29, 1.82) is 0 Å². The van der Waals surface area contributed by atoms with Gasteiger partial charge in [0.1, 0.15) is 11.3 Å². The van der Waals surface area contributed by atoms with Gasteiger partial charge in [-0.25, -0.2) is 0 Å². The number of benzene rings is 1. The topological polar surface area (TPSA) is 25.2 Å². The number of aryl methyl sites for hydroxylation is 1. The van der Waals surface area contributed by atoms with Gasteiger partial charge in [0.05, 0.1) is 6.04 Å². The molecule has 1 aromatic heterocycles. The Morgan fingerprint density at radius 3 is 2.82 bits per heavy atom. The van der Waals surface area contributed by atoms with E-state index in [4.69, 9.17) is 4.42 Å². The van der Waals surface area contributed by atoms with E-state index in [2.05, 4.69) is 37.6 Å². The number of thioether (sulfide) groups is 1. The minimum absolute atomic E-state index is 0.273. The molecule has 0 fully saturated rings. The molecule has 0 amide bonds. The second-order valence-corrected chi connectivity index (χ2v) is 5.24. The minimum Gasteiger partial charge on any atom is -0.459 e. The Labute approximate surface area is 107 Å². The fourth-order valence-electron chi connectivity index (χ4n) is 2.08. The molecule has 0 saturated carbocycles. The van der Waals surface area contributed by atoms with E-state index in [9.17, 15) is 0 Å². The number of hydrogen-bond donors (Lipinski definition) is 1. The first-order valence-corrected chi connectivity index (χ1v) is 7.33. The molecule has 3 heteroatoms. The SMILES string of the molecule is CSCCNC(C)c1oc2ccccc2c1C. The third kappa shape index (κ3) is 2.67. The molecule has 0 spiro atoms. The van der Waals surface area contributed by atoms with Crippen molar-refractivity contribution in [3.8, 4) is 0 Å². The van der Waals surface area contributed by atoms with E-state index in [0.29, 0.717) is 0 Å². The lowest BCUT2D eigenvalue weighted by atomic mass is 10.1. The van der Waals surface area contributed by atoms with Crippen LogP contribution >= 0.6 is 11.8 Å².